The van der Waals surface area contributed by atoms with Crippen molar-refractivity contribution in [3.05, 3.63) is 46.5 Å². The Bertz CT molecular complexity index is 608. The molecule has 2 heterocycles. The summed E-state index contributed by atoms with van der Waals surface area (Å²) < 4.78 is 10.6. The number of hydrogen-bond donors (Lipinski definition) is 0. The molecule has 74 valence electrons. The fourth-order valence-corrected chi connectivity index (χ4v) is 1.74. The smallest absolute Gasteiger partial charge is 0.344 e. The van der Waals surface area contributed by atoms with E-state index in [-0.39, 0.29) is 5.63 Å². The first-order valence-corrected chi connectivity index (χ1v) is 4.71. The first-order chi connectivity index (χ1) is 7.36. The summed E-state index contributed by atoms with van der Waals surface area (Å²) in [5.41, 5.74) is -0.320. The molecule has 0 bridgehead atoms. The molecule has 15 heavy (non-hydrogen) atoms. The van der Waals surface area contributed by atoms with Crippen molar-refractivity contribution in [3.63, 3.8) is 0 Å². The van der Waals surface area contributed by atoms with Crippen LogP contribution < -0.4 is 10.4 Å². The van der Waals surface area contributed by atoms with Crippen molar-refractivity contribution in [2.75, 3.05) is 6.61 Å². The van der Waals surface area contributed by atoms with Crippen molar-refractivity contribution >= 4 is 16.8 Å². The van der Waals surface area contributed by atoms with Gasteiger partial charge < -0.3 is 9.15 Å². The molecule has 1 aromatic heterocycles. The van der Waals surface area contributed by atoms with Crippen molar-refractivity contribution in [2.45, 2.75) is 0 Å². The molecular formula is C12H8O3. The van der Waals surface area contributed by atoms with Crippen molar-refractivity contribution in [1.29, 1.82) is 0 Å². The highest BCUT2D eigenvalue weighted by atomic mass is 16.5. The minimum absolute atomic E-state index is 0.320. The zero-order valence-corrected chi connectivity index (χ0v) is 7.90. The highest BCUT2D eigenvalue weighted by molar-refractivity contribution is 5.89. The van der Waals surface area contributed by atoms with E-state index in [4.69, 9.17) is 9.15 Å². The molecule has 3 heteroatoms. The Balaban J connectivity index is 2.51. The van der Waals surface area contributed by atoms with Gasteiger partial charge in [0.25, 0.3) is 0 Å². The summed E-state index contributed by atoms with van der Waals surface area (Å²) >= 11 is 0. The van der Waals surface area contributed by atoms with E-state index in [2.05, 4.69) is 0 Å². The predicted molar refractivity (Wildman–Crippen MR) is 57.0 cm³/mol. The summed E-state index contributed by atoms with van der Waals surface area (Å²) in [6.45, 7) is 0.519. The van der Waals surface area contributed by atoms with Gasteiger partial charge in [0.2, 0.25) is 0 Å². The van der Waals surface area contributed by atoms with E-state index in [9.17, 15) is 4.79 Å². The number of hydrogen-bond acceptors (Lipinski definition) is 3. The molecule has 0 saturated heterocycles. The molecule has 0 amide bonds. The third kappa shape index (κ3) is 1.16. The maximum Gasteiger partial charge on any atom is 0.344 e. The summed E-state index contributed by atoms with van der Waals surface area (Å²) in [6, 6.07) is 7.29. The second-order valence-electron chi connectivity index (χ2n) is 3.34. The number of benzene rings is 1. The average molecular weight is 200 g/mol. The van der Waals surface area contributed by atoms with E-state index in [1.165, 1.54) is 0 Å². The highest BCUT2D eigenvalue weighted by Gasteiger charge is 2.14. The molecule has 1 aliphatic heterocycles. The zero-order chi connectivity index (χ0) is 10.3. The van der Waals surface area contributed by atoms with Gasteiger partial charge >= 0.3 is 5.63 Å². The monoisotopic (exact) mass is 200 g/mol. The summed E-state index contributed by atoms with van der Waals surface area (Å²) in [4.78, 5) is 11.6. The van der Waals surface area contributed by atoms with Crippen LogP contribution >= 0.6 is 0 Å². The van der Waals surface area contributed by atoms with Crippen molar-refractivity contribution < 1.29 is 9.15 Å². The second-order valence-corrected chi connectivity index (χ2v) is 3.34. The van der Waals surface area contributed by atoms with Crippen LogP contribution in [-0.4, -0.2) is 6.61 Å². The zero-order valence-electron chi connectivity index (χ0n) is 7.90. The molecule has 1 aliphatic rings. The third-order valence-electron chi connectivity index (χ3n) is 2.41. The predicted octanol–water partition coefficient (Wildman–Crippen LogP) is 2.20. The normalized spacial score (nSPS) is 13.6. The highest BCUT2D eigenvalue weighted by Crippen LogP contribution is 2.30. The van der Waals surface area contributed by atoms with E-state index < -0.39 is 0 Å². The minimum Gasteiger partial charge on any atom is -0.485 e. The Morgan fingerprint density at radius 2 is 1.93 bits per heavy atom. The summed E-state index contributed by atoms with van der Waals surface area (Å²) in [5.74, 6) is 1.16. The first kappa shape index (κ1) is 8.29. The van der Waals surface area contributed by atoms with Gasteiger partial charge in [-0.1, -0.05) is 18.2 Å². The molecule has 3 rings (SSSR count). The van der Waals surface area contributed by atoms with Crippen molar-refractivity contribution in [3.8, 4) is 5.75 Å². The van der Waals surface area contributed by atoms with E-state index in [0.717, 1.165) is 5.39 Å². The topological polar surface area (TPSA) is 39.4 Å². The molecule has 0 N–H and O–H groups in total. The standard InChI is InChI=1S/C12H8O3/c13-12-9-5-2-1-4-8(9)11-10(15-12)6-3-7-14-11/h1-6H,7H2. The molecule has 0 spiro atoms. The lowest BCUT2D eigenvalue weighted by Gasteiger charge is -2.12. The van der Waals surface area contributed by atoms with Gasteiger partial charge in [-0.05, 0) is 18.2 Å². The fourth-order valence-electron chi connectivity index (χ4n) is 1.74. The maximum atomic E-state index is 11.6. The molecule has 0 saturated carbocycles. The molecule has 3 nitrogen and oxygen atoms in total. The van der Waals surface area contributed by atoms with Gasteiger partial charge in [0.15, 0.2) is 11.5 Å². The van der Waals surface area contributed by atoms with Gasteiger partial charge in [-0.3, -0.25) is 0 Å². The van der Waals surface area contributed by atoms with Crippen LogP contribution in [0.5, 0.6) is 5.75 Å². The van der Waals surface area contributed by atoms with Gasteiger partial charge in [-0.2, -0.15) is 0 Å². The van der Waals surface area contributed by atoms with Gasteiger partial charge in [-0.15, -0.1) is 0 Å². The Morgan fingerprint density at radius 3 is 2.80 bits per heavy atom. The van der Waals surface area contributed by atoms with Crippen LogP contribution in [0.2, 0.25) is 0 Å². The van der Waals surface area contributed by atoms with Crippen LogP contribution in [0.1, 0.15) is 5.76 Å². The Morgan fingerprint density at radius 1 is 1.13 bits per heavy atom. The Hall–Kier alpha value is -2.03. The van der Waals surface area contributed by atoms with Crippen molar-refractivity contribution in [1.82, 2.24) is 0 Å². The van der Waals surface area contributed by atoms with Crippen LogP contribution in [0.15, 0.2) is 39.6 Å². The minimum atomic E-state index is -0.320. The molecule has 1 aromatic carbocycles. The van der Waals surface area contributed by atoms with E-state index in [1.807, 2.05) is 24.3 Å². The number of rotatable bonds is 0. The fraction of sp³-hybridized carbons (Fsp3) is 0.0833. The largest absolute Gasteiger partial charge is 0.485 e. The lowest BCUT2D eigenvalue weighted by molar-refractivity contribution is 0.340. The van der Waals surface area contributed by atoms with Gasteiger partial charge in [0.05, 0.1) is 5.39 Å². The van der Waals surface area contributed by atoms with Crippen LogP contribution in [0, 0.1) is 0 Å². The van der Waals surface area contributed by atoms with Gasteiger partial charge in [-0.25, -0.2) is 4.79 Å². The lowest BCUT2D eigenvalue weighted by Crippen LogP contribution is -2.07. The second kappa shape index (κ2) is 2.98. The van der Waals surface area contributed by atoms with Crippen LogP contribution in [-0.2, 0) is 0 Å². The Kier molecular flexibility index (Phi) is 1.65. The molecule has 0 atom stereocenters. The third-order valence-corrected chi connectivity index (χ3v) is 2.41. The lowest BCUT2D eigenvalue weighted by atomic mass is 10.1. The van der Waals surface area contributed by atoms with E-state index in [1.54, 1.807) is 12.1 Å². The Labute approximate surface area is 85.6 Å². The molecule has 0 unspecified atom stereocenters. The molecular weight excluding hydrogens is 192 g/mol. The van der Waals surface area contributed by atoms with Crippen LogP contribution in [0.25, 0.3) is 16.8 Å². The molecule has 0 radical (unpaired) electrons. The maximum absolute atomic E-state index is 11.6. The number of ether oxygens (including phenoxy) is 1. The van der Waals surface area contributed by atoms with Gasteiger partial charge in [0.1, 0.15) is 6.61 Å². The summed E-state index contributed by atoms with van der Waals surface area (Å²) in [5, 5.41) is 1.37. The summed E-state index contributed by atoms with van der Waals surface area (Å²) in [6.07, 6.45) is 3.59. The summed E-state index contributed by atoms with van der Waals surface area (Å²) in [7, 11) is 0. The number of fused-ring (bicyclic) bond motifs is 3. The molecule has 0 fully saturated rings. The quantitative estimate of drug-likeness (QED) is 0.654. The first-order valence-electron chi connectivity index (χ1n) is 4.71. The molecule has 2 aromatic rings. The van der Waals surface area contributed by atoms with E-state index in [0.29, 0.717) is 23.5 Å². The van der Waals surface area contributed by atoms with Gasteiger partial charge in [0, 0.05) is 5.39 Å². The van der Waals surface area contributed by atoms with Crippen molar-refractivity contribution in [2.24, 2.45) is 0 Å². The van der Waals surface area contributed by atoms with E-state index >= 15 is 0 Å². The average Bonchev–Trinajstić information content (AvgIpc) is 2.30. The van der Waals surface area contributed by atoms with Crippen LogP contribution in [0.4, 0.5) is 0 Å². The van der Waals surface area contributed by atoms with Crippen LogP contribution in [0.3, 0.4) is 0 Å². The molecule has 0 aliphatic carbocycles. The SMILES string of the molecule is O=c1oc2c(c3ccccc13)OCC=C2.